The van der Waals surface area contributed by atoms with Crippen molar-refractivity contribution < 1.29 is 9.59 Å². The number of amides is 1. The van der Waals surface area contributed by atoms with Gasteiger partial charge in [0.1, 0.15) is 4.84 Å². The lowest BCUT2D eigenvalue weighted by atomic mass is 9.87. The molecule has 0 aliphatic carbocycles. The molecule has 0 radical (unpaired) electrons. The van der Waals surface area contributed by atoms with Gasteiger partial charge in [0, 0.05) is 19.5 Å². The first kappa shape index (κ1) is 63.7. The van der Waals surface area contributed by atoms with E-state index in [-0.39, 0.29) is 29.1 Å². The zero-order valence-corrected chi connectivity index (χ0v) is 41.4. The molecular weight excluding hydrogens is 749 g/mol. The predicted octanol–water partition coefficient (Wildman–Crippen LogP) is 12.6. The fourth-order valence-corrected chi connectivity index (χ4v) is 5.52. The molecule has 336 valence electrons. The van der Waals surface area contributed by atoms with Crippen LogP contribution in [0.25, 0.3) is 0 Å². The van der Waals surface area contributed by atoms with Gasteiger partial charge < -0.3 is 21.3 Å². The predicted molar refractivity (Wildman–Crippen MR) is 259 cm³/mol. The van der Waals surface area contributed by atoms with E-state index in [2.05, 4.69) is 122 Å². The van der Waals surface area contributed by atoms with E-state index in [0.717, 1.165) is 56.3 Å². The largest absolute Gasteiger partial charge is 0.382 e. The number of rotatable bonds is 19. The van der Waals surface area contributed by atoms with Gasteiger partial charge in [0.2, 0.25) is 5.91 Å². The standard InChI is InChI=1S/C18H29Cl2N3O2.C10H20N2.C9H20.C5H10.C4H8.C2H6/c1-5-6-7-10-21-12(2)16(24)13(3)22-18(25)15-14(17(19)20)9-8-11-23(15)4;1-7-9(10(3,4)5)12-8(2)11-6;1-5-9(4)7-6-8(2)3;1-3-5-4-2;1-3-4-2;1-2/h5-6,13-15,17,21H,2,7-11H2,1,3-4H3,(H,22,25);7,9,11-12H,1-2H2,3-6H3;8-9H,5-7H2,1-4H3;3,5H,4H2,1-2H3;3H,1,4H2,2H3;1-2H3/b6-5+;;;;;. The first-order chi connectivity index (χ1) is 26.7. The number of halogens is 2. The number of allylic oxidation sites excluding steroid dienone is 4. The van der Waals surface area contributed by atoms with Crippen molar-refractivity contribution in [3.8, 4) is 0 Å². The number of hydrogen-bond acceptors (Lipinski definition) is 6. The number of nitrogens with one attached hydrogen (secondary N) is 4. The quantitative estimate of drug-likeness (QED) is 0.0449. The molecule has 0 aromatic carbocycles. The number of carbonyl (C=O) groups is 2. The Morgan fingerprint density at radius 3 is 1.82 bits per heavy atom. The molecule has 0 bridgehead atoms. The van der Waals surface area contributed by atoms with Gasteiger partial charge in [0.15, 0.2) is 5.78 Å². The maximum atomic E-state index is 12.7. The van der Waals surface area contributed by atoms with Crippen molar-refractivity contribution in [3.63, 3.8) is 0 Å². The van der Waals surface area contributed by atoms with Crippen molar-refractivity contribution in [1.82, 2.24) is 26.2 Å². The van der Waals surface area contributed by atoms with Crippen LogP contribution in [0.2, 0.25) is 0 Å². The first-order valence-corrected chi connectivity index (χ1v) is 22.4. The van der Waals surface area contributed by atoms with Gasteiger partial charge in [0.25, 0.3) is 0 Å². The lowest BCUT2D eigenvalue weighted by molar-refractivity contribution is -0.132. The van der Waals surface area contributed by atoms with Crippen LogP contribution in [0.3, 0.4) is 0 Å². The number of hydrogen-bond donors (Lipinski definition) is 4. The monoisotopic (exact) mass is 842 g/mol. The van der Waals surface area contributed by atoms with Gasteiger partial charge in [-0.05, 0) is 83.7 Å². The van der Waals surface area contributed by atoms with E-state index in [9.17, 15) is 9.59 Å². The topological polar surface area (TPSA) is 85.5 Å². The van der Waals surface area contributed by atoms with Crippen molar-refractivity contribution in [3.05, 3.63) is 74.3 Å². The Labute approximate surface area is 365 Å². The molecule has 7 nitrogen and oxygen atoms in total. The number of likely N-dealkylation sites (tertiary alicyclic amines) is 1. The minimum atomic E-state index is -0.658. The highest BCUT2D eigenvalue weighted by Gasteiger charge is 2.39. The van der Waals surface area contributed by atoms with E-state index in [1.165, 1.54) is 19.3 Å². The molecule has 0 saturated carbocycles. The third-order valence-electron chi connectivity index (χ3n) is 8.95. The van der Waals surface area contributed by atoms with Crippen molar-refractivity contribution in [2.24, 2.45) is 23.2 Å². The molecule has 1 fully saturated rings. The molecule has 0 aromatic rings. The Balaban J connectivity index is -0.000000233. The molecule has 0 aromatic heterocycles. The average Bonchev–Trinajstić information content (AvgIpc) is 3.18. The molecule has 5 unspecified atom stereocenters. The number of nitrogens with zero attached hydrogens (tertiary/aromatic N) is 1. The van der Waals surface area contributed by atoms with E-state index >= 15 is 0 Å². The van der Waals surface area contributed by atoms with Crippen molar-refractivity contribution >= 4 is 34.9 Å². The van der Waals surface area contributed by atoms with Gasteiger partial charge in [0.05, 0.1) is 29.6 Å². The summed E-state index contributed by atoms with van der Waals surface area (Å²) in [7, 11) is 3.72. The summed E-state index contributed by atoms with van der Waals surface area (Å²) in [6.07, 6.45) is 20.9. The van der Waals surface area contributed by atoms with Gasteiger partial charge >= 0.3 is 0 Å². The van der Waals surface area contributed by atoms with Gasteiger partial charge in [-0.25, -0.2) is 0 Å². The van der Waals surface area contributed by atoms with Crippen LogP contribution in [0.1, 0.15) is 148 Å². The molecule has 9 heteroatoms. The molecule has 1 rings (SSSR count). The fraction of sp³-hybridized carbons (Fsp3) is 0.708. The molecule has 1 aliphatic heterocycles. The summed E-state index contributed by atoms with van der Waals surface area (Å²) in [5.74, 6) is 2.06. The van der Waals surface area contributed by atoms with E-state index in [0.29, 0.717) is 12.2 Å². The number of likely N-dealkylation sites (N-methyl/N-ethyl adjacent to an activating group) is 1. The van der Waals surface area contributed by atoms with E-state index in [1.807, 2.05) is 71.0 Å². The Morgan fingerprint density at radius 1 is 0.912 bits per heavy atom. The second kappa shape index (κ2) is 41.7. The van der Waals surface area contributed by atoms with Crippen LogP contribution in [-0.4, -0.2) is 66.7 Å². The van der Waals surface area contributed by atoms with Crippen molar-refractivity contribution in [2.45, 2.75) is 171 Å². The molecule has 5 atom stereocenters. The summed E-state index contributed by atoms with van der Waals surface area (Å²) in [5.41, 5.74) is 0.472. The normalized spacial score (nSPS) is 16.5. The van der Waals surface area contributed by atoms with Crippen LogP contribution in [0.5, 0.6) is 0 Å². The molecule has 1 amide bonds. The molecular formula is C48H93Cl2N5O2. The smallest absolute Gasteiger partial charge is 0.238 e. The van der Waals surface area contributed by atoms with Gasteiger partial charge in [-0.1, -0.05) is 145 Å². The SMILES string of the molecule is C=C(NCC/C=C/C)C(=O)C(C)NC(=O)C1C(C(Cl)Cl)CCCN1C.C=CC(NC(=C)NC)C(C)(C)C.C=CCC.CC.CC=CCC.CCC(C)CCC(C)C. The maximum absolute atomic E-state index is 12.7. The minimum Gasteiger partial charge on any atom is -0.382 e. The van der Waals surface area contributed by atoms with Gasteiger partial charge in [-0.2, -0.15) is 0 Å². The molecule has 4 N–H and O–H groups in total. The van der Waals surface area contributed by atoms with E-state index < -0.39 is 16.9 Å². The van der Waals surface area contributed by atoms with Crippen LogP contribution in [-0.2, 0) is 9.59 Å². The Bertz CT molecular complexity index is 1080. The van der Waals surface area contributed by atoms with Crippen LogP contribution in [0.4, 0.5) is 0 Å². The highest BCUT2D eigenvalue weighted by atomic mass is 35.5. The summed E-state index contributed by atoms with van der Waals surface area (Å²) in [5, 5.41) is 12.0. The summed E-state index contributed by atoms with van der Waals surface area (Å²) < 4.78 is 0. The van der Waals surface area contributed by atoms with Gasteiger partial charge in [-0.15, -0.1) is 36.4 Å². The lowest BCUT2D eigenvalue weighted by Gasteiger charge is -2.39. The van der Waals surface area contributed by atoms with Crippen molar-refractivity contribution in [1.29, 1.82) is 0 Å². The number of ketones is 1. The molecule has 1 heterocycles. The fourth-order valence-electron chi connectivity index (χ4n) is 4.99. The minimum absolute atomic E-state index is 0.147. The third-order valence-corrected chi connectivity index (χ3v) is 9.60. The number of Topliss-reactive ketones (excluding diaryl/α,β-unsaturated/α-hetero) is 1. The Morgan fingerprint density at radius 2 is 1.46 bits per heavy atom. The summed E-state index contributed by atoms with van der Waals surface area (Å²) in [4.78, 5) is 26.4. The zero-order valence-electron chi connectivity index (χ0n) is 39.9. The van der Waals surface area contributed by atoms with E-state index in [1.54, 1.807) is 6.92 Å². The second-order valence-electron chi connectivity index (χ2n) is 15.5. The molecule has 1 saturated heterocycles. The second-order valence-corrected chi connectivity index (χ2v) is 16.7. The summed E-state index contributed by atoms with van der Waals surface area (Å²) in [6.45, 7) is 45.8. The maximum Gasteiger partial charge on any atom is 0.238 e. The number of alkyl halides is 2. The van der Waals surface area contributed by atoms with Crippen LogP contribution < -0.4 is 21.3 Å². The van der Waals surface area contributed by atoms with Crippen molar-refractivity contribution in [2.75, 3.05) is 27.2 Å². The lowest BCUT2D eigenvalue weighted by Crippen LogP contribution is -2.56. The number of carbonyl (C=O) groups excluding carboxylic acids is 2. The zero-order chi connectivity index (χ0) is 45.6. The van der Waals surface area contributed by atoms with Crippen LogP contribution in [0, 0.1) is 23.2 Å². The highest BCUT2D eigenvalue weighted by Crippen LogP contribution is 2.30. The van der Waals surface area contributed by atoms with Gasteiger partial charge in [-0.3, -0.25) is 14.5 Å². The summed E-state index contributed by atoms with van der Waals surface area (Å²) >= 11 is 12.1. The van der Waals surface area contributed by atoms with Crippen LogP contribution >= 0.6 is 23.2 Å². The third kappa shape index (κ3) is 37.5. The number of piperidine rings is 1. The van der Waals surface area contributed by atoms with E-state index in [4.69, 9.17) is 23.2 Å². The Hall–Kier alpha value is -2.48. The first-order valence-electron chi connectivity index (χ1n) is 21.5. The highest BCUT2D eigenvalue weighted by molar-refractivity contribution is 6.44. The summed E-state index contributed by atoms with van der Waals surface area (Å²) in [6, 6.07) is -0.841. The van der Waals surface area contributed by atoms with Crippen LogP contribution in [0.15, 0.2) is 74.3 Å². The average molecular weight is 843 g/mol. The Kier molecular flexibility index (Phi) is 46.6. The molecule has 1 aliphatic rings. The molecule has 57 heavy (non-hydrogen) atoms. The molecule has 0 spiro atoms.